The Morgan fingerprint density at radius 3 is 2.62 bits per heavy atom. The molecule has 0 aliphatic carbocycles. The van der Waals surface area contributed by atoms with Crippen LogP contribution < -0.4 is 10.6 Å². The third-order valence-electron chi connectivity index (χ3n) is 5.07. The predicted molar refractivity (Wildman–Crippen MR) is 135 cm³/mol. The number of benzene rings is 2. The van der Waals surface area contributed by atoms with Gasteiger partial charge in [0.05, 0.1) is 29.9 Å². The summed E-state index contributed by atoms with van der Waals surface area (Å²) in [5.41, 5.74) is 3.89. The molecule has 0 atom stereocenters. The summed E-state index contributed by atoms with van der Waals surface area (Å²) >= 11 is 9.90. The molecule has 1 amide bonds. The van der Waals surface area contributed by atoms with Crippen molar-refractivity contribution in [2.75, 3.05) is 17.7 Å². The van der Waals surface area contributed by atoms with Crippen LogP contribution in [0.15, 0.2) is 65.3 Å². The molecule has 34 heavy (non-hydrogen) atoms. The number of carbonyl (C=O) groups is 2. The minimum atomic E-state index is -0.413. The van der Waals surface area contributed by atoms with Gasteiger partial charge in [0, 0.05) is 35.3 Å². The molecule has 2 aromatic carbocycles. The van der Waals surface area contributed by atoms with E-state index in [1.807, 2.05) is 54.6 Å². The van der Waals surface area contributed by atoms with Gasteiger partial charge in [0.15, 0.2) is 5.65 Å². The van der Waals surface area contributed by atoms with Gasteiger partial charge < -0.3 is 15.4 Å². The number of halogens is 2. The van der Waals surface area contributed by atoms with Crippen LogP contribution in [-0.2, 0) is 20.9 Å². The zero-order valence-corrected chi connectivity index (χ0v) is 20.6. The number of nitrogens with one attached hydrogen (secondary N) is 2. The smallest absolute Gasteiger partial charge is 0.306 e. The lowest BCUT2D eigenvalue weighted by Gasteiger charge is -2.12. The number of ether oxygens (including phenoxy) is 1. The van der Waals surface area contributed by atoms with Crippen molar-refractivity contribution in [3.8, 4) is 11.3 Å². The fourth-order valence-corrected chi connectivity index (χ4v) is 3.89. The van der Waals surface area contributed by atoms with E-state index in [9.17, 15) is 9.59 Å². The highest BCUT2D eigenvalue weighted by atomic mass is 79.9. The standard InChI is InChI=1S/C24H21BrClN5O3/c1-34-23(33)11-10-22(32)29-16-8-6-15(7-9-16)13-27-21-12-20(17-4-2-3-5-19(17)26)30-24-18(25)14-28-31(21)24/h2-9,12,14,27H,10-11,13H2,1H3,(H,29,32). The van der Waals surface area contributed by atoms with E-state index in [1.165, 1.54) is 7.11 Å². The van der Waals surface area contributed by atoms with E-state index in [2.05, 4.69) is 36.4 Å². The Labute approximate surface area is 209 Å². The van der Waals surface area contributed by atoms with Crippen molar-refractivity contribution in [1.82, 2.24) is 14.6 Å². The quantitative estimate of drug-likeness (QED) is 0.293. The first kappa shape index (κ1) is 23.7. The Balaban J connectivity index is 1.48. The number of esters is 1. The van der Waals surface area contributed by atoms with E-state index in [0.29, 0.717) is 22.9 Å². The van der Waals surface area contributed by atoms with Crippen LogP contribution in [0.2, 0.25) is 5.02 Å². The topological polar surface area (TPSA) is 97.6 Å². The molecule has 174 valence electrons. The molecule has 10 heteroatoms. The molecule has 0 saturated carbocycles. The third kappa shape index (κ3) is 5.55. The van der Waals surface area contributed by atoms with Crippen molar-refractivity contribution in [2.45, 2.75) is 19.4 Å². The van der Waals surface area contributed by atoms with E-state index in [-0.39, 0.29) is 18.7 Å². The zero-order chi connectivity index (χ0) is 24.1. The Morgan fingerprint density at radius 1 is 1.12 bits per heavy atom. The summed E-state index contributed by atoms with van der Waals surface area (Å²) < 4.78 is 7.05. The van der Waals surface area contributed by atoms with Crippen LogP contribution in [0.3, 0.4) is 0 Å². The molecule has 0 fully saturated rings. The van der Waals surface area contributed by atoms with Crippen molar-refractivity contribution in [3.63, 3.8) is 0 Å². The fourth-order valence-electron chi connectivity index (χ4n) is 3.31. The molecular formula is C24H21BrClN5O3. The van der Waals surface area contributed by atoms with Crippen molar-refractivity contribution < 1.29 is 14.3 Å². The minimum absolute atomic E-state index is 0.0461. The highest BCUT2D eigenvalue weighted by Gasteiger charge is 2.13. The van der Waals surface area contributed by atoms with Gasteiger partial charge in [-0.3, -0.25) is 9.59 Å². The summed E-state index contributed by atoms with van der Waals surface area (Å²) in [6.07, 6.45) is 1.81. The van der Waals surface area contributed by atoms with Crippen molar-refractivity contribution >= 4 is 56.6 Å². The molecule has 2 heterocycles. The number of hydrogen-bond acceptors (Lipinski definition) is 6. The maximum atomic E-state index is 12.0. The first-order chi connectivity index (χ1) is 16.4. The van der Waals surface area contributed by atoms with Gasteiger partial charge in [-0.1, -0.05) is 41.9 Å². The molecule has 0 bridgehead atoms. The number of fused-ring (bicyclic) bond motifs is 1. The number of amides is 1. The Kier molecular flexibility index (Phi) is 7.44. The average Bonchev–Trinajstić information content (AvgIpc) is 3.23. The summed E-state index contributed by atoms with van der Waals surface area (Å²) in [5.74, 6) is 0.0984. The van der Waals surface area contributed by atoms with E-state index in [0.717, 1.165) is 27.1 Å². The first-order valence-electron chi connectivity index (χ1n) is 10.4. The van der Waals surface area contributed by atoms with E-state index < -0.39 is 5.97 Å². The van der Waals surface area contributed by atoms with E-state index in [1.54, 1.807) is 10.7 Å². The molecule has 8 nitrogen and oxygen atoms in total. The zero-order valence-electron chi connectivity index (χ0n) is 18.2. The lowest BCUT2D eigenvalue weighted by molar-refractivity contribution is -0.141. The van der Waals surface area contributed by atoms with Crippen LogP contribution in [0.25, 0.3) is 16.9 Å². The second kappa shape index (κ2) is 10.7. The van der Waals surface area contributed by atoms with Crippen LogP contribution in [0.5, 0.6) is 0 Å². The lowest BCUT2D eigenvalue weighted by atomic mass is 10.1. The van der Waals surface area contributed by atoms with Crippen molar-refractivity contribution in [3.05, 3.63) is 75.9 Å². The monoisotopic (exact) mass is 541 g/mol. The number of hydrogen-bond donors (Lipinski definition) is 2. The molecular weight excluding hydrogens is 522 g/mol. The van der Waals surface area contributed by atoms with Crippen molar-refractivity contribution in [2.24, 2.45) is 0 Å². The number of nitrogens with zero attached hydrogens (tertiary/aromatic N) is 3. The number of methoxy groups -OCH3 is 1. The second-order valence-corrected chi connectivity index (χ2v) is 8.67. The van der Waals surface area contributed by atoms with Gasteiger partial charge in [-0.05, 0) is 39.7 Å². The first-order valence-corrected chi connectivity index (χ1v) is 11.6. The fraction of sp³-hybridized carbons (Fsp3) is 0.167. The van der Waals surface area contributed by atoms with Crippen LogP contribution in [0.4, 0.5) is 11.5 Å². The number of aromatic nitrogens is 3. The molecule has 2 aromatic heterocycles. The molecule has 0 aliphatic heterocycles. The largest absolute Gasteiger partial charge is 0.469 e. The van der Waals surface area contributed by atoms with Crippen LogP contribution >= 0.6 is 27.5 Å². The van der Waals surface area contributed by atoms with Gasteiger partial charge in [0.25, 0.3) is 0 Å². The second-order valence-electron chi connectivity index (χ2n) is 7.41. The van der Waals surface area contributed by atoms with Crippen LogP contribution in [-0.4, -0.2) is 33.6 Å². The van der Waals surface area contributed by atoms with Gasteiger partial charge in [0.2, 0.25) is 5.91 Å². The number of rotatable bonds is 8. The SMILES string of the molecule is COC(=O)CCC(=O)Nc1ccc(CNc2cc(-c3ccccc3Cl)nc3c(Br)cnn23)cc1. The average molecular weight is 543 g/mol. The summed E-state index contributed by atoms with van der Waals surface area (Å²) in [4.78, 5) is 27.9. The maximum absolute atomic E-state index is 12.0. The summed E-state index contributed by atoms with van der Waals surface area (Å²) in [6, 6.07) is 16.9. The number of anilines is 2. The molecule has 4 rings (SSSR count). The molecule has 2 N–H and O–H groups in total. The summed E-state index contributed by atoms with van der Waals surface area (Å²) in [6.45, 7) is 0.523. The Morgan fingerprint density at radius 2 is 1.88 bits per heavy atom. The highest BCUT2D eigenvalue weighted by molar-refractivity contribution is 9.10. The van der Waals surface area contributed by atoms with Gasteiger partial charge in [0.1, 0.15) is 5.82 Å². The van der Waals surface area contributed by atoms with Gasteiger partial charge in [-0.25, -0.2) is 4.98 Å². The minimum Gasteiger partial charge on any atom is -0.469 e. The Hall–Kier alpha value is -3.43. The molecule has 0 saturated heterocycles. The molecule has 4 aromatic rings. The number of carbonyl (C=O) groups excluding carboxylic acids is 2. The lowest BCUT2D eigenvalue weighted by Crippen LogP contribution is -2.14. The van der Waals surface area contributed by atoms with E-state index in [4.69, 9.17) is 16.6 Å². The van der Waals surface area contributed by atoms with E-state index >= 15 is 0 Å². The molecule has 0 aliphatic rings. The third-order valence-corrected chi connectivity index (χ3v) is 5.96. The molecule has 0 spiro atoms. The van der Waals surface area contributed by atoms with Crippen molar-refractivity contribution in [1.29, 1.82) is 0 Å². The molecule has 0 radical (unpaired) electrons. The normalized spacial score (nSPS) is 10.8. The van der Waals surface area contributed by atoms with Gasteiger partial charge in [-0.2, -0.15) is 9.61 Å². The molecule has 0 unspecified atom stereocenters. The summed E-state index contributed by atoms with van der Waals surface area (Å²) in [7, 11) is 1.30. The van der Waals surface area contributed by atoms with Gasteiger partial charge >= 0.3 is 5.97 Å². The van der Waals surface area contributed by atoms with Crippen LogP contribution in [0, 0.1) is 0 Å². The Bertz CT molecular complexity index is 1340. The highest BCUT2D eigenvalue weighted by Crippen LogP contribution is 2.30. The van der Waals surface area contributed by atoms with Gasteiger partial charge in [-0.15, -0.1) is 0 Å². The predicted octanol–water partition coefficient (Wildman–Crippen LogP) is 5.32. The maximum Gasteiger partial charge on any atom is 0.306 e. The summed E-state index contributed by atoms with van der Waals surface area (Å²) in [5, 5.41) is 11.2. The van der Waals surface area contributed by atoms with Crippen LogP contribution in [0.1, 0.15) is 18.4 Å².